The minimum atomic E-state index is -0.991. The highest BCUT2D eigenvalue weighted by molar-refractivity contribution is 5.82. The van der Waals surface area contributed by atoms with Crippen LogP contribution in [0.3, 0.4) is 0 Å². The summed E-state index contributed by atoms with van der Waals surface area (Å²) in [5.74, 6) is -0.991. The second-order valence-corrected chi connectivity index (χ2v) is 5.14. The molecule has 0 bridgehead atoms. The lowest BCUT2D eigenvalue weighted by atomic mass is 9.89. The lowest BCUT2D eigenvalue weighted by Gasteiger charge is -2.24. The van der Waals surface area contributed by atoms with Gasteiger partial charge in [0, 0.05) is 6.54 Å². The van der Waals surface area contributed by atoms with Crippen molar-refractivity contribution in [3.05, 3.63) is 0 Å². The van der Waals surface area contributed by atoms with Gasteiger partial charge in [-0.05, 0) is 24.7 Å². The average Bonchev–Trinajstić information content (AvgIpc) is 2.70. The number of aliphatic carboxylic acids is 1. The van der Waals surface area contributed by atoms with Crippen molar-refractivity contribution < 1.29 is 14.7 Å². The second-order valence-electron chi connectivity index (χ2n) is 5.14. The summed E-state index contributed by atoms with van der Waals surface area (Å²) in [6.07, 6.45) is 5.08. The maximum atomic E-state index is 11.5. The zero-order valence-electron chi connectivity index (χ0n) is 10.6. The summed E-state index contributed by atoms with van der Waals surface area (Å²) in [6.45, 7) is 4.51. The summed E-state index contributed by atoms with van der Waals surface area (Å²) in [7, 11) is 0. The van der Waals surface area contributed by atoms with Crippen molar-refractivity contribution in [2.75, 3.05) is 6.54 Å². The number of hydrogen-bond acceptors (Lipinski definition) is 2. The van der Waals surface area contributed by atoms with Crippen LogP contribution in [0.15, 0.2) is 0 Å². The van der Waals surface area contributed by atoms with Crippen LogP contribution in [0.2, 0.25) is 0 Å². The Labute approximate surface area is 102 Å². The van der Waals surface area contributed by atoms with E-state index in [0.717, 1.165) is 12.8 Å². The van der Waals surface area contributed by atoms with E-state index in [2.05, 4.69) is 17.6 Å². The van der Waals surface area contributed by atoms with Gasteiger partial charge in [-0.2, -0.15) is 0 Å². The van der Waals surface area contributed by atoms with Crippen molar-refractivity contribution in [3.63, 3.8) is 0 Å². The summed E-state index contributed by atoms with van der Waals surface area (Å²) in [5.41, 5.74) is 0.183. The first kappa shape index (κ1) is 13.8. The van der Waals surface area contributed by atoms with Gasteiger partial charge in [-0.15, -0.1) is 0 Å². The summed E-state index contributed by atoms with van der Waals surface area (Å²) >= 11 is 0. The van der Waals surface area contributed by atoms with E-state index in [-0.39, 0.29) is 11.4 Å². The van der Waals surface area contributed by atoms with Gasteiger partial charge in [0.1, 0.15) is 6.04 Å². The third-order valence-corrected chi connectivity index (χ3v) is 3.50. The Morgan fingerprint density at radius 1 is 1.35 bits per heavy atom. The van der Waals surface area contributed by atoms with Gasteiger partial charge in [-0.25, -0.2) is 9.59 Å². The number of hydrogen-bond donors (Lipinski definition) is 3. The molecular formula is C12H22N2O3. The van der Waals surface area contributed by atoms with Crippen LogP contribution in [0.1, 0.15) is 46.0 Å². The Kier molecular flexibility index (Phi) is 4.78. The zero-order valence-corrected chi connectivity index (χ0v) is 10.6. The Morgan fingerprint density at radius 3 is 2.41 bits per heavy atom. The number of amides is 2. The first-order valence-electron chi connectivity index (χ1n) is 6.24. The standard InChI is InChI=1S/C12H22N2O3/c1-3-9(10(15)16)14-11(17)13-8-12(2)6-4-5-7-12/h9H,3-8H2,1-2H3,(H,15,16)(H2,13,14,17). The first-order chi connectivity index (χ1) is 7.97. The minimum Gasteiger partial charge on any atom is -0.480 e. The molecule has 0 aromatic carbocycles. The smallest absolute Gasteiger partial charge is 0.326 e. The molecule has 98 valence electrons. The van der Waals surface area contributed by atoms with Crippen LogP contribution < -0.4 is 10.6 Å². The second kappa shape index (κ2) is 5.89. The molecule has 0 radical (unpaired) electrons. The van der Waals surface area contributed by atoms with Crippen LogP contribution in [0, 0.1) is 5.41 Å². The predicted molar refractivity (Wildman–Crippen MR) is 64.8 cm³/mol. The lowest BCUT2D eigenvalue weighted by Crippen LogP contribution is -2.47. The molecule has 1 fully saturated rings. The molecule has 0 spiro atoms. The molecule has 1 rings (SSSR count). The van der Waals surface area contributed by atoms with E-state index in [4.69, 9.17) is 5.11 Å². The van der Waals surface area contributed by atoms with E-state index < -0.39 is 12.0 Å². The summed E-state index contributed by atoms with van der Waals surface area (Å²) < 4.78 is 0. The summed E-state index contributed by atoms with van der Waals surface area (Å²) in [5, 5.41) is 14.0. The van der Waals surface area contributed by atoms with Crippen LogP contribution in [0.25, 0.3) is 0 Å². The molecule has 5 nitrogen and oxygen atoms in total. The van der Waals surface area contributed by atoms with Gasteiger partial charge in [0.15, 0.2) is 0 Å². The molecule has 2 amide bonds. The maximum Gasteiger partial charge on any atom is 0.326 e. The number of rotatable bonds is 5. The Balaban J connectivity index is 2.31. The number of carboxylic acids is 1. The van der Waals surface area contributed by atoms with E-state index >= 15 is 0 Å². The van der Waals surface area contributed by atoms with Crippen molar-refractivity contribution in [1.29, 1.82) is 0 Å². The SMILES string of the molecule is CCC(NC(=O)NCC1(C)CCCC1)C(=O)O. The third-order valence-electron chi connectivity index (χ3n) is 3.50. The fourth-order valence-corrected chi connectivity index (χ4v) is 2.25. The molecular weight excluding hydrogens is 220 g/mol. The normalized spacial score (nSPS) is 19.6. The first-order valence-corrected chi connectivity index (χ1v) is 6.24. The highest BCUT2D eigenvalue weighted by Crippen LogP contribution is 2.36. The van der Waals surface area contributed by atoms with Crippen LogP contribution in [0.5, 0.6) is 0 Å². The van der Waals surface area contributed by atoms with E-state index in [1.54, 1.807) is 6.92 Å². The van der Waals surface area contributed by atoms with Gasteiger partial charge >= 0.3 is 12.0 Å². The van der Waals surface area contributed by atoms with Gasteiger partial charge in [-0.3, -0.25) is 0 Å². The van der Waals surface area contributed by atoms with Crippen molar-refractivity contribution >= 4 is 12.0 Å². The third kappa shape index (κ3) is 4.24. The molecule has 0 aromatic heterocycles. The summed E-state index contributed by atoms with van der Waals surface area (Å²) in [4.78, 5) is 22.3. The topological polar surface area (TPSA) is 78.4 Å². The zero-order chi connectivity index (χ0) is 12.9. The molecule has 3 N–H and O–H groups in total. The number of urea groups is 1. The van der Waals surface area contributed by atoms with Crippen LogP contribution in [-0.4, -0.2) is 29.7 Å². The Bertz CT molecular complexity index is 285. The molecule has 17 heavy (non-hydrogen) atoms. The fraction of sp³-hybridized carbons (Fsp3) is 0.833. The molecule has 0 saturated heterocycles. The Hall–Kier alpha value is -1.26. The van der Waals surface area contributed by atoms with Crippen molar-refractivity contribution in [1.82, 2.24) is 10.6 Å². The predicted octanol–water partition coefficient (Wildman–Crippen LogP) is 1.73. The van der Waals surface area contributed by atoms with Gasteiger partial charge < -0.3 is 15.7 Å². The van der Waals surface area contributed by atoms with Crippen molar-refractivity contribution in [2.24, 2.45) is 5.41 Å². The van der Waals surface area contributed by atoms with Gasteiger partial charge in [0.2, 0.25) is 0 Å². The van der Waals surface area contributed by atoms with E-state index in [1.165, 1.54) is 12.8 Å². The number of carboxylic acid groups (broad SMARTS) is 1. The van der Waals surface area contributed by atoms with Crippen LogP contribution in [-0.2, 0) is 4.79 Å². The van der Waals surface area contributed by atoms with Gasteiger partial charge in [0.05, 0.1) is 0 Å². The molecule has 0 heterocycles. The minimum absolute atomic E-state index is 0.183. The average molecular weight is 242 g/mol. The molecule has 1 aliphatic rings. The molecule has 5 heteroatoms. The van der Waals surface area contributed by atoms with Crippen molar-refractivity contribution in [2.45, 2.75) is 52.0 Å². The molecule has 1 atom stereocenters. The largest absolute Gasteiger partial charge is 0.480 e. The van der Waals surface area contributed by atoms with E-state index in [9.17, 15) is 9.59 Å². The number of carbonyl (C=O) groups is 2. The number of nitrogens with one attached hydrogen (secondary N) is 2. The lowest BCUT2D eigenvalue weighted by molar-refractivity contribution is -0.139. The van der Waals surface area contributed by atoms with E-state index in [1.807, 2.05) is 0 Å². The van der Waals surface area contributed by atoms with Gasteiger partial charge in [-0.1, -0.05) is 26.7 Å². The monoisotopic (exact) mass is 242 g/mol. The molecule has 0 aromatic rings. The molecule has 1 saturated carbocycles. The quantitative estimate of drug-likeness (QED) is 0.687. The molecule has 1 aliphatic carbocycles. The van der Waals surface area contributed by atoms with Crippen LogP contribution in [0.4, 0.5) is 4.79 Å². The summed E-state index contributed by atoms with van der Waals surface area (Å²) in [6, 6.07) is -1.18. The van der Waals surface area contributed by atoms with E-state index in [0.29, 0.717) is 13.0 Å². The van der Waals surface area contributed by atoms with Crippen molar-refractivity contribution in [3.8, 4) is 0 Å². The van der Waals surface area contributed by atoms with Gasteiger partial charge in [0.25, 0.3) is 0 Å². The van der Waals surface area contributed by atoms with Crippen LogP contribution >= 0.6 is 0 Å². The highest BCUT2D eigenvalue weighted by atomic mass is 16.4. The Morgan fingerprint density at radius 2 is 1.94 bits per heavy atom. The molecule has 0 aliphatic heterocycles. The number of carbonyl (C=O) groups excluding carboxylic acids is 1. The fourth-order valence-electron chi connectivity index (χ4n) is 2.25. The highest BCUT2D eigenvalue weighted by Gasteiger charge is 2.29. The maximum absolute atomic E-state index is 11.5. The molecule has 1 unspecified atom stereocenters.